The molecule has 0 fully saturated rings. The minimum Gasteiger partial charge on any atom is -0.310 e. The largest absolute Gasteiger partial charge is 0.310 e. The van der Waals surface area contributed by atoms with E-state index in [0.717, 1.165) is 17.1 Å². The highest BCUT2D eigenvalue weighted by Crippen LogP contribution is 2.48. The van der Waals surface area contributed by atoms with Crippen molar-refractivity contribution in [2.75, 3.05) is 4.90 Å². The van der Waals surface area contributed by atoms with Gasteiger partial charge in [0.25, 0.3) is 0 Å². The molecule has 220 valence electrons. The maximum Gasteiger partial charge on any atom is 0.0582 e. The zero-order chi connectivity index (χ0) is 30.9. The molecule has 8 rings (SSSR count). The number of hydrogen-bond acceptors (Lipinski definition) is 1. The molecule has 2 heterocycles. The van der Waals surface area contributed by atoms with E-state index in [0.29, 0.717) is 0 Å². The molecule has 0 bridgehead atoms. The van der Waals surface area contributed by atoms with Gasteiger partial charge >= 0.3 is 0 Å². The lowest BCUT2D eigenvalue weighted by Crippen LogP contribution is -2.26. The van der Waals surface area contributed by atoms with Crippen LogP contribution in [0.15, 0.2) is 140 Å². The first-order chi connectivity index (χ1) is 21.7. The van der Waals surface area contributed by atoms with Gasteiger partial charge < -0.3 is 9.47 Å². The lowest BCUT2D eigenvalue weighted by atomic mass is 9.75. The highest BCUT2D eigenvalue weighted by atomic mass is 15.1. The predicted molar refractivity (Wildman–Crippen MR) is 192 cm³/mol. The first kappa shape index (κ1) is 27.5. The van der Waals surface area contributed by atoms with Gasteiger partial charge in [-0.25, -0.2) is 0 Å². The summed E-state index contributed by atoms with van der Waals surface area (Å²) in [5, 5.41) is 2.57. The standard InChI is InChI=1S/C43H38N2/c1-42(2,3)31-20-24-33(25-21-31)44(32-22-18-30(19-23-32)29-12-7-6-8-13-29)34-26-27-39-36(28-34)35-14-11-16-38-41(35)45(39)40-17-10-9-15-37(40)43(38,4)5/h6-28H,1-5H3. The molecule has 0 spiro atoms. The Morgan fingerprint density at radius 2 is 1.13 bits per heavy atom. The molecular weight excluding hydrogens is 544 g/mol. The van der Waals surface area contributed by atoms with Crippen molar-refractivity contribution in [1.82, 2.24) is 4.57 Å². The van der Waals surface area contributed by atoms with E-state index < -0.39 is 0 Å². The number of hydrogen-bond donors (Lipinski definition) is 0. The van der Waals surface area contributed by atoms with Crippen LogP contribution in [0.4, 0.5) is 17.1 Å². The Labute approximate surface area is 266 Å². The smallest absolute Gasteiger partial charge is 0.0582 e. The lowest BCUT2D eigenvalue weighted by molar-refractivity contribution is 0.590. The Balaban J connectivity index is 1.34. The molecule has 2 heteroatoms. The quantitative estimate of drug-likeness (QED) is 0.200. The summed E-state index contributed by atoms with van der Waals surface area (Å²) in [5.41, 5.74) is 13.8. The van der Waals surface area contributed by atoms with Gasteiger partial charge in [0.05, 0.1) is 16.7 Å². The Kier molecular flexibility index (Phi) is 6.09. The number of aromatic nitrogens is 1. The van der Waals surface area contributed by atoms with Crippen LogP contribution in [0.2, 0.25) is 0 Å². The minimum absolute atomic E-state index is 0.0787. The molecule has 0 radical (unpaired) electrons. The molecule has 0 amide bonds. The van der Waals surface area contributed by atoms with E-state index in [1.54, 1.807) is 0 Å². The van der Waals surface area contributed by atoms with Crippen molar-refractivity contribution >= 4 is 38.9 Å². The number of nitrogens with zero attached hydrogens (tertiary/aromatic N) is 2. The van der Waals surface area contributed by atoms with Crippen LogP contribution < -0.4 is 4.90 Å². The number of fused-ring (bicyclic) bond motifs is 5. The summed E-state index contributed by atoms with van der Waals surface area (Å²) in [7, 11) is 0. The second-order valence-corrected chi connectivity index (χ2v) is 13.9. The van der Waals surface area contributed by atoms with E-state index in [1.807, 2.05) is 0 Å². The second-order valence-electron chi connectivity index (χ2n) is 13.9. The molecule has 1 aliphatic heterocycles. The molecule has 0 saturated heterocycles. The van der Waals surface area contributed by atoms with Crippen LogP contribution in [-0.4, -0.2) is 4.57 Å². The molecule has 0 saturated carbocycles. The van der Waals surface area contributed by atoms with Crippen LogP contribution in [0.1, 0.15) is 51.3 Å². The molecule has 0 unspecified atom stereocenters. The molecule has 6 aromatic carbocycles. The Morgan fingerprint density at radius 1 is 0.533 bits per heavy atom. The van der Waals surface area contributed by atoms with E-state index in [2.05, 4.69) is 184 Å². The number of anilines is 3. The van der Waals surface area contributed by atoms with Crippen LogP contribution in [0, 0.1) is 0 Å². The maximum atomic E-state index is 2.49. The summed E-state index contributed by atoms with van der Waals surface area (Å²) in [6.45, 7) is 11.5. The summed E-state index contributed by atoms with van der Waals surface area (Å²) >= 11 is 0. The fourth-order valence-electron chi connectivity index (χ4n) is 7.28. The number of rotatable bonds is 4. The van der Waals surface area contributed by atoms with E-state index in [9.17, 15) is 0 Å². The monoisotopic (exact) mass is 582 g/mol. The zero-order valence-corrected chi connectivity index (χ0v) is 26.7. The molecule has 7 aromatic rings. The van der Waals surface area contributed by atoms with Gasteiger partial charge in [-0.3, -0.25) is 0 Å². The van der Waals surface area contributed by atoms with Crippen molar-refractivity contribution < 1.29 is 0 Å². The Morgan fingerprint density at radius 3 is 1.84 bits per heavy atom. The van der Waals surface area contributed by atoms with E-state index in [1.165, 1.54) is 55.3 Å². The summed E-state index contributed by atoms with van der Waals surface area (Å²) in [4.78, 5) is 2.39. The van der Waals surface area contributed by atoms with Gasteiger partial charge in [-0.1, -0.05) is 126 Å². The maximum absolute atomic E-state index is 2.49. The average Bonchev–Trinajstić information content (AvgIpc) is 3.39. The normalized spacial score (nSPS) is 13.6. The summed E-state index contributed by atoms with van der Waals surface area (Å²) in [6.07, 6.45) is 0. The summed E-state index contributed by atoms with van der Waals surface area (Å²) in [5.74, 6) is 0. The highest BCUT2D eigenvalue weighted by Gasteiger charge is 2.34. The minimum atomic E-state index is -0.0787. The molecule has 0 aliphatic carbocycles. The third kappa shape index (κ3) is 4.31. The number of benzene rings is 6. The van der Waals surface area contributed by atoms with Gasteiger partial charge in [-0.2, -0.15) is 0 Å². The predicted octanol–water partition coefficient (Wildman–Crippen LogP) is 11.9. The second kappa shape index (κ2) is 9.97. The molecule has 45 heavy (non-hydrogen) atoms. The average molecular weight is 583 g/mol. The van der Waals surface area contributed by atoms with Gasteiger partial charge in [0.15, 0.2) is 0 Å². The third-order valence-corrected chi connectivity index (χ3v) is 9.74. The van der Waals surface area contributed by atoms with Gasteiger partial charge in [0.2, 0.25) is 0 Å². The van der Waals surface area contributed by atoms with E-state index in [4.69, 9.17) is 0 Å². The van der Waals surface area contributed by atoms with Crippen molar-refractivity contribution in [3.05, 3.63) is 156 Å². The number of para-hydroxylation sites is 2. The van der Waals surface area contributed by atoms with Crippen molar-refractivity contribution in [3.63, 3.8) is 0 Å². The van der Waals surface area contributed by atoms with Crippen LogP contribution >= 0.6 is 0 Å². The topological polar surface area (TPSA) is 8.17 Å². The van der Waals surface area contributed by atoms with Crippen molar-refractivity contribution in [1.29, 1.82) is 0 Å². The highest BCUT2D eigenvalue weighted by molar-refractivity contribution is 6.12. The third-order valence-electron chi connectivity index (χ3n) is 9.74. The van der Waals surface area contributed by atoms with Gasteiger partial charge in [0.1, 0.15) is 0 Å². The van der Waals surface area contributed by atoms with Gasteiger partial charge in [0, 0.05) is 33.2 Å². The SMILES string of the molecule is CC(C)(C)c1ccc(N(c2ccc(-c3ccccc3)cc2)c2ccc3c(c2)c2cccc4c2n3-c2ccccc2C4(C)C)cc1. The molecule has 2 nitrogen and oxygen atoms in total. The fourth-order valence-corrected chi connectivity index (χ4v) is 7.28. The molecule has 1 aromatic heterocycles. The van der Waals surface area contributed by atoms with Crippen LogP contribution in [0.5, 0.6) is 0 Å². The van der Waals surface area contributed by atoms with Crippen LogP contribution in [0.25, 0.3) is 38.6 Å². The van der Waals surface area contributed by atoms with Gasteiger partial charge in [-0.05, 0) is 81.8 Å². The summed E-state index contributed by atoms with van der Waals surface area (Å²) < 4.78 is 2.49. The first-order valence-corrected chi connectivity index (χ1v) is 16.0. The van der Waals surface area contributed by atoms with Crippen molar-refractivity contribution in [2.24, 2.45) is 0 Å². The van der Waals surface area contributed by atoms with Crippen LogP contribution in [0.3, 0.4) is 0 Å². The van der Waals surface area contributed by atoms with Crippen molar-refractivity contribution in [2.45, 2.75) is 45.4 Å². The summed E-state index contributed by atoms with van der Waals surface area (Å²) in [6, 6.07) is 51.4. The van der Waals surface area contributed by atoms with Gasteiger partial charge in [-0.15, -0.1) is 0 Å². The lowest BCUT2D eigenvalue weighted by Gasteiger charge is -2.34. The Bertz CT molecular complexity index is 2190. The molecule has 1 aliphatic rings. The Hall–Kier alpha value is -5.08. The van der Waals surface area contributed by atoms with Crippen molar-refractivity contribution in [3.8, 4) is 16.8 Å². The zero-order valence-electron chi connectivity index (χ0n) is 26.7. The van der Waals surface area contributed by atoms with E-state index in [-0.39, 0.29) is 10.8 Å². The fraction of sp³-hybridized carbons (Fsp3) is 0.163. The van der Waals surface area contributed by atoms with Crippen LogP contribution in [-0.2, 0) is 10.8 Å². The molecular formula is C43H38N2. The van der Waals surface area contributed by atoms with E-state index >= 15 is 0 Å². The molecule has 0 atom stereocenters. The first-order valence-electron chi connectivity index (χ1n) is 16.0. The molecule has 0 N–H and O–H groups in total.